The van der Waals surface area contributed by atoms with Crippen LogP contribution in [0, 0.1) is 5.82 Å². The average molecular weight is 269 g/mol. The maximum Gasteiger partial charge on any atom is 0.188 e. The second-order valence-corrected chi connectivity index (χ2v) is 3.46. The Morgan fingerprint density at radius 3 is 2.85 bits per heavy atom. The van der Waals surface area contributed by atoms with Crippen molar-refractivity contribution in [1.82, 2.24) is 0 Å². The molecule has 72 valence electrons. The average Bonchev–Trinajstić information content (AvgIpc) is 2.13. The highest BCUT2D eigenvalue weighted by Gasteiger charge is 2.10. The zero-order valence-electron chi connectivity index (χ0n) is 6.81. The van der Waals surface area contributed by atoms with Gasteiger partial charge in [0.2, 0.25) is 0 Å². The van der Waals surface area contributed by atoms with Gasteiger partial charge in [0.15, 0.2) is 18.4 Å². The van der Waals surface area contributed by atoms with Crippen LogP contribution in [-0.4, -0.2) is 13.9 Å². The van der Waals surface area contributed by atoms with Crippen molar-refractivity contribution in [2.24, 2.45) is 0 Å². The zero-order chi connectivity index (χ0) is 9.84. The minimum absolute atomic E-state index is 0.00508. The van der Waals surface area contributed by atoms with E-state index in [0.717, 1.165) is 0 Å². The summed E-state index contributed by atoms with van der Waals surface area (Å²) in [4.78, 5) is 0. The van der Waals surface area contributed by atoms with Gasteiger partial charge in [0, 0.05) is 11.6 Å². The minimum atomic E-state index is -0.590. The summed E-state index contributed by atoms with van der Waals surface area (Å²) in [5.41, 5.74) is 0. The maximum atomic E-state index is 13.2. The Labute approximate surface area is 88.7 Å². The Morgan fingerprint density at radius 2 is 2.23 bits per heavy atom. The second kappa shape index (κ2) is 4.79. The van der Waals surface area contributed by atoms with Gasteiger partial charge in [-0.1, -0.05) is 11.6 Å². The van der Waals surface area contributed by atoms with Crippen LogP contribution in [0.3, 0.4) is 0 Å². The number of hydrogen-bond donors (Lipinski definition) is 0. The predicted molar refractivity (Wildman–Crippen MR) is 51.6 cm³/mol. The van der Waals surface area contributed by atoms with E-state index >= 15 is 0 Å². The summed E-state index contributed by atoms with van der Waals surface area (Å²) in [5, 5.41) is 0.00797. The molecular formula is C8H7BrClFO2. The molecule has 0 aliphatic rings. The Hall–Kier alpha value is -0.320. The fourth-order valence-corrected chi connectivity index (χ4v) is 1.20. The highest BCUT2D eigenvalue weighted by atomic mass is 79.9. The SMILES string of the molecule is COCOc1ccc(Br)c(Cl)c1F. The smallest absolute Gasteiger partial charge is 0.188 e. The number of benzene rings is 1. The van der Waals surface area contributed by atoms with E-state index in [4.69, 9.17) is 16.3 Å². The third kappa shape index (κ3) is 2.56. The van der Waals surface area contributed by atoms with Gasteiger partial charge in [-0.25, -0.2) is 4.39 Å². The standard InChI is InChI=1S/C8H7BrClFO2/c1-12-4-13-6-3-2-5(9)7(10)8(6)11/h2-3H,4H2,1H3. The van der Waals surface area contributed by atoms with E-state index in [0.29, 0.717) is 4.47 Å². The van der Waals surface area contributed by atoms with Gasteiger partial charge < -0.3 is 9.47 Å². The number of ether oxygens (including phenoxy) is 2. The Kier molecular flexibility index (Phi) is 3.96. The molecule has 0 unspecified atom stereocenters. The topological polar surface area (TPSA) is 18.5 Å². The van der Waals surface area contributed by atoms with Crippen LogP contribution >= 0.6 is 27.5 Å². The van der Waals surface area contributed by atoms with Crippen molar-refractivity contribution >= 4 is 27.5 Å². The monoisotopic (exact) mass is 268 g/mol. The molecular weight excluding hydrogens is 262 g/mol. The number of rotatable bonds is 3. The van der Waals surface area contributed by atoms with Gasteiger partial charge in [0.25, 0.3) is 0 Å². The van der Waals surface area contributed by atoms with Gasteiger partial charge in [-0.15, -0.1) is 0 Å². The van der Waals surface area contributed by atoms with Gasteiger partial charge in [0.1, 0.15) is 0 Å². The molecule has 0 bridgehead atoms. The van der Waals surface area contributed by atoms with E-state index in [-0.39, 0.29) is 17.6 Å². The summed E-state index contributed by atoms with van der Waals surface area (Å²) in [6.07, 6.45) is 0. The molecule has 0 N–H and O–H groups in total. The summed E-state index contributed by atoms with van der Waals surface area (Å²) in [6.45, 7) is -0.00508. The minimum Gasteiger partial charge on any atom is -0.464 e. The van der Waals surface area contributed by atoms with Crippen LogP contribution in [0.25, 0.3) is 0 Å². The number of methoxy groups -OCH3 is 1. The largest absolute Gasteiger partial charge is 0.464 e. The normalized spacial score (nSPS) is 10.2. The Morgan fingerprint density at radius 1 is 1.54 bits per heavy atom. The lowest BCUT2D eigenvalue weighted by Gasteiger charge is -2.07. The van der Waals surface area contributed by atoms with Crippen LogP contribution in [0.4, 0.5) is 4.39 Å². The van der Waals surface area contributed by atoms with Gasteiger partial charge in [-0.3, -0.25) is 0 Å². The van der Waals surface area contributed by atoms with E-state index in [1.54, 1.807) is 6.07 Å². The summed E-state index contributed by atoms with van der Waals surface area (Å²) >= 11 is 8.71. The molecule has 0 radical (unpaired) electrons. The lowest BCUT2D eigenvalue weighted by Crippen LogP contribution is -2.00. The highest BCUT2D eigenvalue weighted by molar-refractivity contribution is 9.10. The molecule has 0 saturated heterocycles. The van der Waals surface area contributed by atoms with Crippen molar-refractivity contribution in [2.45, 2.75) is 0 Å². The summed E-state index contributed by atoms with van der Waals surface area (Å²) < 4.78 is 23.3. The van der Waals surface area contributed by atoms with Gasteiger partial charge in [0.05, 0.1) is 5.02 Å². The molecule has 0 aliphatic heterocycles. The molecule has 0 aromatic heterocycles. The van der Waals surface area contributed by atoms with Crippen molar-refractivity contribution in [2.75, 3.05) is 13.9 Å². The third-order valence-corrected chi connectivity index (χ3v) is 2.59. The molecule has 0 heterocycles. The fourth-order valence-electron chi connectivity index (χ4n) is 0.742. The van der Waals surface area contributed by atoms with Crippen LogP contribution in [0.1, 0.15) is 0 Å². The lowest BCUT2D eigenvalue weighted by atomic mass is 10.3. The molecule has 0 saturated carbocycles. The second-order valence-electron chi connectivity index (χ2n) is 2.22. The summed E-state index contributed by atoms with van der Waals surface area (Å²) in [7, 11) is 1.46. The summed E-state index contributed by atoms with van der Waals surface area (Å²) in [6, 6.07) is 3.08. The first kappa shape index (κ1) is 10.8. The van der Waals surface area contributed by atoms with Crippen LogP contribution in [0.5, 0.6) is 5.75 Å². The summed E-state index contributed by atoms with van der Waals surface area (Å²) in [5.74, 6) is -0.511. The molecule has 2 nitrogen and oxygen atoms in total. The maximum absolute atomic E-state index is 13.2. The molecule has 0 aliphatic carbocycles. The molecule has 1 aromatic rings. The predicted octanol–water partition coefficient (Wildman–Crippen LogP) is 3.22. The quantitative estimate of drug-likeness (QED) is 0.619. The Bertz CT molecular complexity index is 306. The van der Waals surface area contributed by atoms with Crippen molar-refractivity contribution in [3.63, 3.8) is 0 Å². The molecule has 0 amide bonds. The molecule has 0 spiro atoms. The zero-order valence-corrected chi connectivity index (χ0v) is 9.15. The van der Waals surface area contributed by atoms with Crippen LogP contribution < -0.4 is 4.74 Å². The van der Waals surface area contributed by atoms with Gasteiger partial charge >= 0.3 is 0 Å². The Balaban J connectivity index is 2.90. The van der Waals surface area contributed by atoms with Gasteiger partial charge in [-0.05, 0) is 28.1 Å². The molecule has 13 heavy (non-hydrogen) atoms. The van der Waals surface area contributed by atoms with Crippen molar-refractivity contribution in [3.8, 4) is 5.75 Å². The first-order valence-corrected chi connectivity index (χ1v) is 4.59. The third-order valence-electron chi connectivity index (χ3n) is 1.33. The molecule has 0 atom stereocenters. The van der Waals surface area contributed by atoms with Gasteiger partial charge in [-0.2, -0.15) is 0 Å². The first-order chi connectivity index (χ1) is 6.16. The number of halogens is 3. The number of hydrogen-bond acceptors (Lipinski definition) is 2. The van der Waals surface area contributed by atoms with E-state index in [1.807, 2.05) is 0 Å². The van der Waals surface area contributed by atoms with Crippen molar-refractivity contribution in [3.05, 3.63) is 27.4 Å². The molecule has 1 rings (SSSR count). The van der Waals surface area contributed by atoms with E-state index in [9.17, 15) is 4.39 Å². The first-order valence-electron chi connectivity index (χ1n) is 3.42. The van der Waals surface area contributed by atoms with Crippen LogP contribution in [0.15, 0.2) is 16.6 Å². The van der Waals surface area contributed by atoms with Crippen LogP contribution in [-0.2, 0) is 4.74 Å². The van der Waals surface area contributed by atoms with Crippen molar-refractivity contribution in [1.29, 1.82) is 0 Å². The van der Waals surface area contributed by atoms with E-state index in [2.05, 4.69) is 20.7 Å². The fraction of sp³-hybridized carbons (Fsp3) is 0.250. The van der Waals surface area contributed by atoms with Crippen molar-refractivity contribution < 1.29 is 13.9 Å². The highest BCUT2D eigenvalue weighted by Crippen LogP contribution is 2.31. The molecule has 5 heteroatoms. The molecule has 0 fully saturated rings. The molecule has 1 aromatic carbocycles. The van der Waals surface area contributed by atoms with Crippen LogP contribution in [0.2, 0.25) is 5.02 Å². The lowest BCUT2D eigenvalue weighted by molar-refractivity contribution is 0.0483. The van der Waals surface area contributed by atoms with E-state index in [1.165, 1.54) is 13.2 Å². The van der Waals surface area contributed by atoms with E-state index < -0.39 is 5.82 Å².